The van der Waals surface area contributed by atoms with E-state index in [-0.39, 0.29) is 11.6 Å². The van der Waals surface area contributed by atoms with Crippen molar-refractivity contribution >= 4 is 16.7 Å². The second kappa shape index (κ2) is 7.48. The standard InChI is InChI=1S/C24H27N5O2/c1-14-7-5-10-20(15(14)2)28-12-11-19-21(23(28)30)22(17-8-6-9-18(13-17)31-4)29-24(26-19)25-16(3)27-29/h6,8-9,11-15,20H,5,7,10H2,1-4H3/t14-,15+,20+/m1/s1. The molecule has 0 N–H and O–H groups in total. The lowest BCUT2D eigenvalue weighted by Gasteiger charge is -2.35. The molecule has 1 fully saturated rings. The molecule has 1 aliphatic carbocycles. The first kappa shape index (κ1) is 19.7. The molecule has 0 spiro atoms. The van der Waals surface area contributed by atoms with Crippen molar-refractivity contribution in [2.75, 3.05) is 7.11 Å². The lowest BCUT2D eigenvalue weighted by molar-refractivity contribution is 0.183. The number of hydrogen-bond donors (Lipinski definition) is 0. The summed E-state index contributed by atoms with van der Waals surface area (Å²) in [5, 5.41) is 5.13. The first-order chi connectivity index (χ1) is 15.0. The van der Waals surface area contributed by atoms with E-state index in [2.05, 4.69) is 28.9 Å². The number of aromatic nitrogens is 5. The fourth-order valence-corrected chi connectivity index (χ4v) is 4.94. The predicted octanol–water partition coefficient (Wildman–Crippen LogP) is 4.42. The van der Waals surface area contributed by atoms with Crippen molar-refractivity contribution in [3.8, 4) is 17.0 Å². The van der Waals surface area contributed by atoms with Crippen LogP contribution in [0.2, 0.25) is 0 Å². The lowest BCUT2D eigenvalue weighted by atomic mass is 9.78. The van der Waals surface area contributed by atoms with Crippen LogP contribution >= 0.6 is 0 Å². The molecule has 3 atom stereocenters. The molecule has 0 bridgehead atoms. The predicted molar refractivity (Wildman–Crippen MR) is 120 cm³/mol. The Balaban J connectivity index is 1.84. The highest BCUT2D eigenvalue weighted by atomic mass is 16.5. The quantitative estimate of drug-likeness (QED) is 0.493. The Labute approximate surface area is 180 Å². The smallest absolute Gasteiger partial charge is 0.262 e. The van der Waals surface area contributed by atoms with Crippen LogP contribution in [-0.2, 0) is 0 Å². The van der Waals surface area contributed by atoms with Gasteiger partial charge in [0.15, 0.2) is 0 Å². The maximum atomic E-state index is 13.9. The number of pyridine rings is 1. The Morgan fingerprint density at radius 2 is 1.97 bits per heavy atom. The second-order valence-electron chi connectivity index (χ2n) is 8.69. The minimum Gasteiger partial charge on any atom is -0.497 e. The van der Waals surface area contributed by atoms with Gasteiger partial charge in [0.1, 0.15) is 11.6 Å². The number of benzene rings is 1. The zero-order chi connectivity index (χ0) is 21.7. The fourth-order valence-electron chi connectivity index (χ4n) is 4.94. The summed E-state index contributed by atoms with van der Waals surface area (Å²) >= 11 is 0. The third kappa shape index (κ3) is 3.19. The molecule has 0 radical (unpaired) electrons. The summed E-state index contributed by atoms with van der Waals surface area (Å²) in [7, 11) is 1.64. The molecule has 7 nitrogen and oxygen atoms in total. The lowest BCUT2D eigenvalue weighted by Crippen LogP contribution is -2.33. The molecule has 160 valence electrons. The van der Waals surface area contributed by atoms with E-state index >= 15 is 0 Å². The molecule has 1 saturated carbocycles. The average molecular weight is 418 g/mol. The zero-order valence-electron chi connectivity index (χ0n) is 18.4. The van der Waals surface area contributed by atoms with Crippen molar-refractivity contribution in [1.29, 1.82) is 0 Å². The second-order valence-corrected chi connectivity index (χ2v) is 8.69. The van der Waals surface area contributed by atoms with Gasteiger partial charge in [-0.3, -0.25) is 4.79 Å². The Morgan fingerprint density at radius 1 is 1.13 bits per heavy atom. The summed E-state index contributed by atoms with van der Waals surface area (Å²) < 4.78 is 9.04. The molecule has 0 aliphatic heterocycles. The van der Waals surface area contributed by atoms with Gasteiger partial charge in [0, 0.05) is 17.8 Å². The van der Waals surface area contributed by atoms with Gasteiger partial charge in [0.2, 0.25) is 0 Å². The van der Waals surface area contributed by atoms with Gasteiger partial charge in [0.25, 0.3) is 11.3 Å². The Bertz CT molecular complexity index is 1340. The first-order valence-corrected chi connectivity index (χ1v) is 10.9. The molecule has 3 heterocycles. The van der Waals surface area contributed by atoms with Gasteiger partial charge >= 0.3 is 0 Å². The molecule has 4 aromatic rings. The van der Waals surface area contributed by atoms with Crippen molar-refractivity contribution in [2.24, 2.45) is 11.8 Å². The van der Waals surface area contributed by atoms with Gasteiger partial charge in [-0.2, -0.15) is 9.50 Å². The maximum Gasteiger partial charge on any atom is 0.262 e. The zero-order valence-corrected chi connectivity index (χ0v) is 18.4. The van der Waals surface area contributed by atoms with E-state index in [1.165, 1.54) is 6.42 Å². The van der Waals surface area contributed by atoms with Crippen LogP contribution in [0.15, 0.2) is 41.3 Å². The molecule has 1 aliphatic rings. The number of hydrogen-bond acceptors (Lipinski definition) is 5. The normalized spacial score (nSPS) is 21.6. The van der Waals surface area contributed by atoms with Gasteiger partial charge in [-0.1, -0.05) is 38.8 Å². The van der Waals surface area contributed by atoms with E-state index in [1.807, 2.05) is 48.0 Å². The maximum absolute atomic E-state index is 13.9. The third-order valence-electron chi connectivity index (χ3n) is 6.83. The van der Waals surface area contributed by atoms with E-state index in [9.17, 15) is 4.79 Å². The summed E-state index contributed by atoms with van der Waals surface area (Å²) in [4.78, 5) is 23.0. The molecule has 3 aromatic heterocycles. The molecule has 0 unspecified atom stereocenters. The monoisotopic (exact) mass is 417 g/mol. The molecule has 0 amide bonds. The third-order valence-corrected chi connectivity index (χ3v) is 6.83. The topological polar surface area (TPSA) is 74.3 Å². The van der Waals surface area contributed by atoms with Crippen molar-refractivity contribution in [3.63, 3.8) is 0 Å². The largest absolute Gasteiger partial charge is 0.497 e. The molecular formula is C24H27N5O2. The SMILES string of the molecule is COc1cccc(-c2c3c(=O)n([C@H]4CCC[C@@H](C)[C@@H]4C)ccc3nc3nc(C)nn23)c1. The van der Waals surface area contributed by atoms with E-state index < -0.39 is 0 Å². The van der Waals surface area contributed by atoms with Crippen LogP contribution in [0.3, 0.4) is 0 Å². The van der Waals surface area contributed by atoms with Gasteiger partial charge in [-0.05, 0) is 43.4 Å². The Kier molecular flexibility index (Phi) is 4.76. The van der Waals surface area contributed by atoms with Crippen molar-refractivity contribution in [3.05, 3.63) is 52.7 Å². The van der Waals surface area contributed by atoms with Crippen LogP contribution < -0.4 is 10.3 Å². The summed E-state index contributed by atoms with van der Waals surface area (Å²) in [5.41, 5.74) is 2.16. The highest BCUT2D eigenvalue weighted by Crippen LogP contribution is 2.37. The van der Waals surface area contributed by atoms with Crippen LogP contribution in [0.1, 0.15) is 45.0 Å². The molecule has 7 heteroatoms. The van der Waals surface area contributed by atoms with E-state index in [0.717, 1.165) is 24.2 Å². The van der Waals surface area contributed by atoms with Crippen molar-refractivity contribution in [1.82, 2.24) is 24.1 Å². The van der Waals surface area contributed by atoms with Crippen molar-refractivity contribution in [2.45, 2.75) is 46.1 Å². The van der Waals surface area contributed by atoms with Gasteiger partial charge < -0.3 is 9.30 Å². The number of ether oxygens (including phenoxy) is 1. The van der Waals surface area contributed by atoms with Crippen molar-refractivity contribution < 1.29 is 4.74 Å². The van der Waals surface area contributed by atoms with E-state index in [0.29, 0.717) is 40.0 Å². The minimum atomic E-state index is -0.0242. The highest BCUT2D eigenvalue weighted by Gasteiger charge is 2.30. The number of aryl methyl sites for hydroxylation is 1. The average Bonchev–Trinajstić information content (AvgIpc) is 3.14. The van der Waals surface area contributed by atoms with Gasteiger partial charge in [-0.25, -0.2) is 4.98 Å². The molecule has 1 aromatic carbocycles. The summed E-state index contributed by atoms with van der Waals surface area (Å²) in [6.45, 7) is 6.38. The van der Waals surface area contributed by atoms with E-state index in [1.54, 1.807) is 11.6 Å². The number of nitrogens with zero attached hydrogens (tertiary/aromatic N) is 5. The number of methoxy groups -OCH3 is 1. The van der Waals surface area contributed by atoms with Crippen LogP contribution in [0.5, 0.6) is 5.75 Å². The van der Waals surface area contributed by atoms with Crippen LogP contribution in [0.4, 0.5) is 0 Å². The summed E-state index contributed by atoms with van der Waals surface area (Å²) in [6.07, 6.45) is 5.29. The molecule has 0 saturated heterocycles. The molecule has 31 heavy (non-hydrogen) atoms. The Morgan fingerprint density at radius 3 is 2.77 bits per heavy atom. The van der Waals surface area contributed by atoms with Gasteiger partial charge in [-0.15, -0.1) is 5.10 Å². The first-order valence-electron chi connectivity index (χ1n) is 10.9. The Hall–Kier alpha value is -3.22. The summed E-state index contributed by atoms with van der Waals surface area (Å²) in [6, 6.07) is 9.83. The summed E-state index contributed by atoms with van der Waals surface area (Å²) in [5.74, 6) is 2.85. The highest BCUT2D eigenvalue weighted by molar-refractivity contribution is 5.93. The fraction of sp³-hybridized carbons (Fsp3) is 0.417. The molecular weight excluding hydrogens is 390 g/mol. The molecule has 5 rings (SSSR count). The number of rotatable bonds is 3. The van der Waals surface area contributed by atoms with Crippen LogP contribution in [-0.4, -0.2) is 31.3 Å². The van der Waals surface area contributed by atoms with Crippen LogP contribution in [0, 0.1) is 18.8 Å². The van der Waals surface area contributed by atoms with Gasteiger partial charge in [0.05, 0.1) is 23.7 Å². The van der Waals surface area contributed by atoms with Crippen LogP contribution in [0.25, 0.3) is 27.9 Å². The van der Waals surface area contributed by atoms with E-state index in [4.69, 9.17) is 4.74 Å². The number of fused-ring (bicyclic) bond motifs is 2. The minimum absolute atomic E-state index is 0.0242.